The van der Waals surface area contributed by atoms with Gasteiger partial charge < -0.3 is 14.2 Å². The van der Waals surface area contributed by atoms with Gasteiger partial charge in [-0.25, -0.2) is 0 Å². The Hall–Kier alpha value is -4.97. The Morgan fingerprint density at radius 1 is 0.241 bits per heavy atom. The molecule has 468 valence electrons. The molecule has 1 unspecified atom stereocenters. The largest absolute Gasteiger partial charge is 0.462 e. The zero-order chi connectivity index (χ0) is 59.9. The summed E-state index contributed by atoms with van der Waals surface area (Å²) in [4.78, 5) is 38.4. The van der Waals surface area contributed by atoms with Crippen LogP contribution in [0.2, 0.25) is 0 Å². The summed E-state index contributed by atoms with van der Waals surface area (Å²) in [6.45, 7) is 6.27. The average molecular weight is 1150 g/mol. The van der Waals surface area contributed by atoms with Crippen LogP contribution in [0.15, 0.2) is 158 Å². The molecule has 1 atom stereocenters. The summed E-state index contributed by atoms with van der Waals surface area (Å²) in [5.41, 5.74) is 0. The lowest BCUT2D eigenvalue weighted by Crippen LogP contribution is -2.30. The second-order valence-corrected chi connectivity index (χ2v) is 21.9. The first-order valence-corrected chi connectivity index (χ1v) is 34.0. The summed E-state index contributed by atoms with van der Waals surface area (Å²) < 4.78 is 16.9. The average Bonchev–Trinajstić information content (AvgIpc) is 3.49. The maximum absolute atomic E-state index is 12.9. The van der Waals surface area contributed by atoms with Gasteiger partial charge in [-0.15, -0.1) is 0 Å². The van der Waals surface area contributed by atoms with Crippen molar-refractivity contribution < 1.29 is 28.6 Å². The minimum absolute atomic E-state index is 0.0984. The summed E-state index contributed by atoms with van der Waals surface area (Å²) >= 11 is 0. The standard InChI is InChI=1S/C77H124O6/c1-4-7-10-13-16-19-22-25-28-30-31-32-33-34-35-36-37-38-39-40-41-42-43-44-45-47-49-52-55-58-61-64-67-70-76(79)82-73-74(72-81-75(78)69-66-63-60-57-54-51-48-27-24-21-18-15-12-9-6-3)83-77(80)71-68-65-62-59-56-53-50-46-29-26-23-20-17-14-11-8-5-2/h7-12,16-21,25-29,31-32,34-35,37-38,48,50,53,74H,4-6,13-15,22-24,30,33,36,39-47,49,51-52,54-73H2,1-3H3/b10-7-,11-8-,12-9-,19-16-,20-17-,21-18-,28-25-,29-26-,32-31-,35-34-,38-37-,48-27-,53-50-. The Morgan fingerprint density at radius 3 is 0.675 bits per heavy atom. The van der Waals surface area contributed by atoms with Gasteiger partial charge >= 0.3 is 17.9 Å². The van der Waals surface area contributed by atoms with Crippen LogP contribution < -0.4 is 0 Å². The molecule has 0 saturated carbocycles. The second-order valence-electron chi connectivity index (χ2n) is 21.9. The molecule has 0 rings (SSSR count). The molecule has 0 bridgehead atoms. The smallest absolute Gasteiger partial charge is 0.306 e. The third-order valence-electron chi connectivity index (χ3n) is 14.0. The maximum atomic E-state index is 12.9. The highest BCUT2D eigenvalue weighted by Crippen LogP contribution is 2.16. The molecule has 6 nitrogen and oxygen atoms in total. The van der Waals surface area contributed by atoms with Crippen LogP contribution in [-0.2, 0) is 28.6 Å². The van der Waals surface area contributed by atoms with Crippen LogP contribution in [0.25, 0.3) is 0 Å². The highest BCUT2D eigenvalue weighted by atomic mass is 16.6. The SMILES string of the molecule is CC/C=C\C/C=C\C/C=C\C/C=C\C/C=C\C/C=C\CCCCCCCCCCCCCCCCC(=O)OCC(COC(=O)CCCCCCC/C=C\C/C=C\C/C=C\CC)OC(=O)CCCCCC/C=C\C/C=C\C/C=C\C/C=C\CC. The van der Waals surface area contributed by atoms with Crippen LogP contribution >= 0.6 is 0 Å². The van der Waals surface area contributed by atoms with Gasteiger partial charge in [0.15, 0.2) is 6.10 Å². The number of carbonyl (C=O) groups excluding carboxylic acids is 3. The normalized spacial score (nSPS) is 13.1. The Kier molecular flexibility index (Phi) is 65.4. The minimum atomic E-state index is -0.806. The summed E-state index contributed by atoms with van der Waals surface area (Å²) in [6.07, 6.45) is 101. The summed E-state index contributed by atoms with van der Waals surface area (Å²) in [6, 6.07) is 0. The van der Waals surface area contributed by atoms with Crippen LogP contribution in [0.1, 0.15) is 290 Å². The van der Waals surface area contributed by atoms with Crippen LogP contribution in [0.4, 0.5) is 0 Å². The van der Waals surface area contributed by atoms with E-state index in [-0.39, 0.29) is 31.1 Å². The van der Waals surface area contributed by atoms with Crippen LogP contribution in [0.3, 0.4) is 0 Å². The van der Waals surface area contributed by atoms with E-state index in [1.807, 2.05) is 0 Å². The lowest BCUT2D eigenvalue weighted by atomic mass is 10.0. The molecule has 0 aromatic heterocycles. The zero-order valence-corrected chi connectivity index (χ0v) is 53.7. The van der Waals surface area contributed by atoms with Crippen molar-refractivity contribution in [2.45, 2.75) is 297 Å². The molecule has 0 saturated heterocycles. The molecule has 0 aliphatic carbocycles. The molecule has 0 heterocycles. The molecule has 0 aromatic carbocycles. The Morgan fingerprint density at radius 2 is 0.434 bits per heavy atom. The van der Waals surface area contributed by atoms with Crippen molar-refractivity contribution in [3.8, 4) is 0 Å². The summed E-state index contributed by atoms with van der Waals surface area (Å²) in [5.74, 6) is -0.939. The summed E-state index contributed by atoms with van der Waals surface area (Å²) in [5, 5.41) is 0. The van der Waals surface area contributed by atoms with Gasteiger partial charge in [-0.1, -0.05) is 288 Å². The number of unbranched alkanes of at least 4 members (excludes halogenated alkanes) is 23. The van der Waals surface area contributed by atoms with Crippen molar-refractivity contribution in [2.75, 3.05) is 13.2 Å². The third kappa shape index (κ3) is 67.7. The zero-order valence-electron chi connectivity index (χ0n) is 53.7. The van der Waals surface area contributed by atoms with Crippen molar-refractivity contribution in [3.63, 3.8) is 0 Å². The van der Waals surface area contributed by atoms with Gasteiger partial charge in [0.1, 0.15) is 13.2 Å². The number of esters is 3. The van der Waals surface area contributed by atoms with Crippen LogP contribution in [-0.4, -0.2) is 37.2 Å². The molecule has 0 aliphatic rings. The molecule has 0 radical (unpaired) electrons. The van der Waals surface area contributed by atoms with E-state index in [1.54, 1.807) is 0 Å². The fourth-order valence-electron chi connectivity index (χ4n) is 9.04. The van der Waals surface area contributed by atoms with Gasteiger partial charge in [-0.2, -0.15) is 0 Å². The van der Waals surface area contributed by atoms with Crippen LogP contribution in [0, 0.1) is 0 Å². The van der Waals surface area contributed by atoms with Crippen molar-refractivity contribution in [1.82, 2.24) is 0 Å². The Balaban J connectivity index is 4.29. The van der Waals surface area contributed by atoms with Gasteiger partial charge in [0, 0.05) is 19.3 Å². The van der Waals surface area contributed by atoms with E-state index in [0.717, 1.165) is 173 Å². The highest BCUT2D eigenvalue weighted by Gasteiger charge is 2.19. The Labute approximate surface area is 511 Å². The lowest BCUT2D eigenvalue weighted by Gasteiger charge is -2.18. The van der Waals surface area contributed by atoms with E-state index < -0.39 is 6.10 Å². The monoisotopic (exact) mass is 1140 g/mol. The van der Waals surface area contributed by atoms with E-state index in [9.17, 15) is 14.4 Å². The topological polar surface area (TPSA) is 78.9 Å². The molecule has 6 heteroatoms. The Bertz CT molecular complexity index is 1840. The van der Waals surface area contributed by atoms with E-state index in [0.29, 0.717) is 19.3 Å². The first kappa shape index (κ1) is 78.0. The van der Waals surface area contributed by atoms with Crippen molar-refractivity contribution >= 4 is 17.9 Å². The maximum Gasteiger partial charge on any atom is 0.306 e. The number of carbonyl (C=O) groups is 3. The molecule has 83 heavy (non-hydrogen) atoms. The van der Waals surface area contributed by atoms with E-state index in [2.05, 4.69) is 179 Å². The minimum Gasteiger partial charge on any atom is -0.462 e. The quantitative estimate of drug-likeness (QED) is 0.0261. The van der Waals surface area contributed by atoms with Crippen molar-refractivity contribution in [1.29, 1.82) is 0 Å². The van der Waals surface area contributed by atoms with Crippen molar-refractivity contribution in [2.24, 2.45) is 0 Å². The molecular formula is C77H124O6. The predicted molar refractivity (Wildman–Crippen MR) is 362 cm³/mol. The molecule has 0 N–H and O–H groups in total. The number of ether oxygens (including phenoxy) is 3. The van der Waals surface area contributed by atoms with E-state index in [4.69, 9.17) is 14.2 Å². The highest BCUT2D eigenvalue weighted by molar-refractivity contribution is 5.71. The predicted octanol–water partition coefficient (Wildman–Crippen LogP) is 23.7. The first-order chi connectivity index (χ1) is 41.0. The summed E-state index contributed by atoms with van der Waals surface area (Å²) in [7, 11) is 0. The second kappa shape index (κ2) is 69.5. The molecular weight excluding hydrogens is 1020 g/mol. The number of hydrogen-bond donors (Lipinski definition) is 0. The van der Waals surface area contributed by atoms with Crippen molar-refractivity contribution in [3.05, 3.63) is 158 Å². The molecule has 0 aromatic rings. The van der Waals surface area contributed by atoms with Gasteiger partial charge in [0.2, 0.25) is 0 Å². The molecule has 0 fully saturated rings. The van der Waals surface area contributed by atoms with E-state index >= 15 is 0 Å². The van der Waals surface area contributed by atoms with Gasteiger partial charge in [-0.3, -0.25) is 14.4 Å². The first-order valence-electron chi connectivity index (χ1n) is 34.0. The van der Waals surface area contributed by atoms with E-state index in [1.165, 1.54) is 77.0 Å². The molecule has 0 aliphatic heterocycles. The third-order valence-corrected chi connectivity index (χ3v) is 14.0. The number of hydrogen-bond acceptors (Lipinski definition) is 6. The fourth-order valence-corrected chi connectivity index (χ4v) is 9.04. The fraction of sp³-hybridized carbons (Fsp3) is 0.623. The van der Waals surface area contributed by atoms with Gasteiger partial charge in [0.25, 0.3) is 0 Å². The number of rotatable bonds is 60. The van der Waals surface area contributed by atoms with Crippen LogP contribution in [0.5, 0.6) is 0 Å². The molecule has 0 amide bonds. The molecule has 0 spiro atoms. The van der Waals surface area contributed by atoms with Gasteiger partial charge in [-0.05, 0) is 141 Å². The number of allylic oxidation sites excluding steroid dienone is 26. The lowest BCUT2D eigenvalue weighted by molar-refractivity contribution is -0.167. The van der Waals surface area contributed by atoms with Gasteiger partial charge in [0.05, 0.1) is 0 Å².